The molecule has 1 aromatic carbocycles. The van der Waals surface area contributed by atoms with Gasteiger partial charge in [-0.1, -0.05) is 24.3 Å². The van der Waals surface area contributed by atoms with Crippen molar-refractivity contribution in [2.24, 2.45) is 5.84 Å². The van der Waals surface area contributed by atoms with Crippen LogP contribution in [0.1, 0.15) is 21.6 Å². The summed E-state index contributed by atoms with van der Waals surface area (Å²) in [5, 5.41) is 6.72. The molecule has 0 aliphatic heterocycles. The number of amides is 2. The molecule has 2 aromatic rings. The van der Waals surface area contributed by atoms with Crippen LogP contribution >= 0.6 is 0 Å². The zero-order valence-corrected chi connectivity index (χ0v) is 11.7. The summed E-state index contributed by atoms with van der Waals surface area (Å²) in [4.78, 5) is 22.9. The fourth-order valence-corrected chi connectivity index (χ4v) is 1.98. The minimum Gasteiger partial charge on any atom is -0.354 e. The molecule has 0 radical (unpaired) electrons. The van der Waals surface area contributed by atoms with Crippen molar-refractivity contribution < 1.29 is 9.59 Å². The molecule has 2 amide bonds. The fourth-order valence-electron chi connectivity index (χ4n) is 1.98. The van der Waals surface area contributed by atoms with Crippen molar-refractivity contribution in [3.05, 3.63) is 53.3 Å². The smallest absolute Gasteiger partial charge is 0.271 e. The maximum atomic E-state index is 11.5. The van der Waals surface area contributed by atoms with E-state index in [1.165, 1.54) is 0 Å². The zero-order chi connectivity index (χ0) is 15.2. The van der Waals surface area contributed by atoms with Gasteiger partial charge in [-0.3, -0.25) is 19.7 Å². The maximum Gasteiger partial charge on any atom is 0.271 e. The molecule has 1 aromatic heterocycles. The fraction of sp³-hybridized carbons (Fsp3) is 0.214. The van der Waals surface area contributed by atoms with Crippen LogP contribution in [0.25, 0.3) is 0 Å². The van der Waals surface area contributed by atoms with Gasteiger partial charge >= 0.3 is 0 Å². The van der Waals surface area contributed by atoms with Crippen LogP contribution in [-0.4, -0.2) is 28.6 Å². The third-order valence-corrected chi connectivity index (χ3v) is 3.06. The van der Waals surface area contributed by atoms with Crippen LogP contribution in [0, 0.1) is 0 Å². The Bertz CT molecular complexity index is 650. The highest BCUT2D eigenvalue weighted by Gasteiger charge is 2.10. The molecule has 0 atom stereocenters. The van der Waals surface area contributed by atoms with Crippen LogP contribution in [0.2, 0.25) is 0 Å². The van der Waals surface area contributed by atoms with Crippen molar-refractivity contribution in [1.82, 2.24) is 20.5 Å². The van der Waals surface area contributed by atoms with Crippen molar-refractivity contribution in [2.75, 3.05) is 7.05 Å². The lowest BCUT2D eigenvalue weighted by molar-refractivity contribution is -0.120. The number of rotatable bonds is 5. The third kappa shape index (κ3) is 3.67. The van der Waals surface area contributed by atoms with E-state index in [0.717, 1.165) is 11.1 Å². The average molecular weight is 287 g/mol. The first-order valence-electron chi connectivity index (χ1n) is 6.45. The number of nitrogens with zero attached hydrogens (tertiary/aromatic N) is 2. The Morgan fingerprint density at radius 1 is 1.24 bits per heavy atom. The molecule has 1 heterocycles. The molecule has 0 saturated carbocycles. The molecule has 0 unspecified atom stereocenters. The van der Waals surface area contributed by atoms with E-state index in [1.807, 2.05) is 24.3 Å². The minimum absolute atomic E-state index is 0.205. The lowest BCUT2D eigenvalue weighted by Crippen LogP contribution is -2.31. The summed E-state index contributed by atoms with van der Waals surface area (Å²) < 4.78 is 1.66. The van der Waals surface area contributed by atoms with E-state index < -0.39 is 0 Å². The summed E-state index contributed by atoms with van der Waals surface area (Å²) in [6, 6.07) is 9.19. The zero-order valence-electron chi connectivity index (χ0n) is 11.7. The largest absolute Gasteiger partial charge is 0.354 e. The van der Waals surface area contributed by atoms with E-state index in [0.29, 0.717) is 12.2 Å². The summed E-state index contributed by atoms with van der Waals surface area (Å²) in [6.07, 6.45) is 1.93. The number of hydrogen-bond donors (Lipinski definition) is 3. The molecule has 7 nitrogen and oxygen atoms in total. The highest BCUT2D eigenvalue weighted by molar-refractivity contribution is 5.91. The van der Waals surface area contributed by atoms with Crippen LogP contribution < -0.4 is 16.6 Å². The highest BCUT2D eigenvalue weighted by atomic mass is 16.2. The molecule has 21 heavy (non-hydrogen) atoms. The lowest BCUT2D eigenvalue weighted by Gasteiger charge is -2.09. The van der Waals surface area contributed by atoms with Crippen LogP contribution in [0.4, 0.5) is 0 Å². The predicted molar refractivity (Wildman–Crippen MR) is 77.2 cm³/mol. The van der Waals surface area contributed by atoms with E-state index >= 15 is 0 Å². The second kappa shape index (κ2) is 6.67. The van der Waals surface area contributed by atoms with Gasteiger partial charge in [0.2, 0.25) is 5.91 Å². The van der Waals surface area contributed by atoms with E-state index in [2.05, 4.69) is 15.8 Å². The molecule has 7 heteroatoms. The number of nitrogens with one attached hydrogen (secondary N) is 2. The van der Waals surface area contributed by atoms with Gasteiger partial charge < -0.3 is 5.32 Å². The Labute approximate surface area is 122 Å². The van der Waals surface area contributed by atoms with Gasteiger partial charge in [-0.05, 0) is 17.2 Å². The van der Waals surface area contributed by atoms with Crippen molar-refractivity contribution in [3.8, 4) is 0 Å². The number of benzene rings is 1. The first-order valence-corrected chi connectivity index (χ1v) is 6.45. The van der Waals surface area contributed by atoms with Crippen LogP contribution in [0.3, 0.4) is 0 Å². The van der Waals surface area contributed by atoms with Crippen molar-refractivity contribution in [1.29, 1.82) is 0 Å². The predicted octanol–water partition coefficient (Wildman–Crippen LogP) is -0.177. The number of nitrogens with two attached hydrogens (primary N) is 1. The molecule has 0 aliphatic rings. The number of carbonyl (C=O) groups is 2. The van der Waals surface area contributed by atoms with E-state index in [-0.39, 0.29) is 18.2 Å². The number of hydrazine groups is 1. The quantitative estimate of drug-likeness (QED) is 0.403. The summed E-state index contributed by atoms with van der Waals surface area (Å²) in [7, 11) is 1.56. The Balaban J connectivity index is 2.17. The second-order valence-corrected chi connectivity index (χ2v) is 4.49. The Morgan fingerprint density at radius 3 is 2.62 bits per heavy atom. The van der Waals surface area contributed by atoms with Gasteiger partial charge in [-0.25, -0.2) is 5.84 Å². The molecular weight excluding hydrogens is 270 g/mol. The summed E-state index contributed by atoms with van der Waals surface area (Å²) in [5.74, 6) is 4.63. The molecule has 110 valence electrons. The average Bonchev–Trinajstić information content (AvgIpc) is 2.97. The molecule has 2 rings (SSSR count). The topological polar surface area (TPSA) is 102 Å². The Kier molecular flexibility index (Phi) is 4.68. The maximum absolute atomic E-state index is 11.5. The summed E-state index contributed by atoms with van der Waals surface area (Å²) in [6.45, 7) is 0.477. The minimum atomic E-state index is -0.256. The monoisotopic (exact) mass is 287 g/mol. The molecule has 0 bridgehead atoms. The Morgan fingerprint density at radius 2 is 1.95 bits per heavy atom. The van der Waals surface area contributed by atoms with Gasteiger partial charge in [-0.2, -0.15) is 5.10 Å². The normalized spacial score (nSPS) is 10.2. The summed E-state index contributed by atoms with van der Waals surface area (Å²) >= 11 is 0. The summed E-state index contributed by atoms with van der Waals surface area (Å²) in [5.41, 5.74) is 4.30. The molecule has 0 saturated heterocycles. The lowest BCUT2D eigenvalue weighted by atomic mass is 10.0. The van der Waals surface area contributed by atoms with Crippen LogP contribution in [-0.2, 0) is 17.8 Å². The van der Waals surface area contributed by atoms with Crippen molar-refractivity contribution in [2.45, 2.75) is 13.0 Å². The van der Waals surface area contributed by atoms with Gasteiger partial charge in [-0.15, -0.1) is 0 Å². The van der Waals surface area contributed by atoms with Crippen molar-refractivity contribution >= 4 is 11.8 Å². The first-order chi connectivity index (χ1) is 10.1. The molecule has 4 N–H and O–H groups in total. The van der Waals surface area contributed by atoms with Gasteiger partial charge in [0.1, 0.15) is 5.69 Å². The number of hydrogen-bond acceptors (Lipinski definition) is 4. The molecule has 0 spiro atoms. The van der Waals surface area contributed by atoms with Gasteiger partial charge in [0.05, 0.1) is 13.0 Å². The van der Waals surface area contributed by atoms with E-state index in [1.54, 1.807) is 24.0 Å². The van der Waals surface area contributed by atoms with E-state index in [9.17, 15) is 9.59 Å². The van der Waals surface area contributed by atoms with Gasteiger partial charge in [0.25, 0.3) is 5.91 Å². The highest BCUT2D eigenvalue weighted by Crippen LogP contribution is 2.11. The first kappa shape index (κ1) is 14.7. The van der Waals surface area contributed by atoms with Crippen molar-refractivity contribution in [3.63, 3.8) is 0 Å². The molecule has 0 aliphatic carbocycles. The standard InChI is InChI=1S/C14H17N5O2/c1-16-14(21)12-6-7-19(18-12)9-11-5-3-2-4-10(11)8-13(20)17-15/h2-7H,8-9,15H2,1H3,(H,16,21)(H,17,20). The number of aromatic nitrogens is 2. The molecular formula is C14H17N5O2. The van der Waals surface area contributed by atoms with Crippen LogP contribution in [0.15, 0.2) is 36.5 Å². The van der Waals surface area contributed by atoms with Gasteiger partial charge in [0.15, 0.2) is 0 Å². The third-order valence-electron chi connectivity index (χ3n) is 3.06. The SMILES string of the molecule is CNC(=O)c1ccn(Cc2ccccc2CC(=O)NN)n1. The van der Waals surface area contributed by atoms with Crippen LogP contribution in [0.5, 0.6) is 0 Å². The second-order valence-electron chi connectivity index (χ2n) is 4.49. The van der Waals surface area contributed by atoms with E-state index in [4.69, 9.17) is 5.84 Å². The van der Waals surface area contributed by atoms with Gasteiger partial charge in [0, 0.05) is 13.2 Å². The Hall–Kier alpha value is -2.67. The molecule has 0 fully saturated rings. The number of carbonyl (C=O) groups excluding carboxylic acids is 2.